The summed E-state index contributed by atoms with van der Waals surface area (Å²) < 4.78 is 15.4. The highest BCUT2D eigenvalue weighted by molar-refractivity contribution is 4.90. The van der Waals surface area contributed by atoms with Crippen LogP contribution in [0.15, 0.2) is 29.3 Å². The zero-order valence-corrected chi connectivity index (χ0v) is 11.5. The minimum Gasteiger partial charge on any atom is -0.382 e. The molecule has 0 aromatic carbocycles. The molecule has 1 aromatic heterocycles. The van der Waals surface area contributed by atoms with Gasteiger partial charge in [0, 0.05) is 45.9 Å². The van der Waals surface area contributed by atoms with Crippen LogP contribution in [0, 0.1) is 0 Å². The van der Waals surface area contributed by atoms with Crippen LogP contribution < -0.4 is 5.43 Å². The molecule has 0 saturated carbocycles. The molecule has 1 rings (SSSR count). The van der Waals surface area contributed by atoms with Gasteiger partial charge in [0.1, 0.15) is 6.10 Å². The summed E-state index contributed by atoms with van der Waals surface area (Å²) in [5.41, 5.74) is 0.0405. The highest BCUT2D eigenvalue weighted by Gasteiger charge is 2.18. The Kier molecular flexibility index (Phi) is 10.2. The third-order valence-electron chi connectivity index (χ3n) is 2.44. The molecule has 0 amide bonds. The Morgan fingerprint density at radius 1 is 1.11 bits per heavy atom. The van der Waals surface area contributed by atoms with Crippen molar-refractivity contribution in [1.82, 2.24) is 4.98 Å². The van der Waals surface area contributed by atoms with Gasteiger partial charge in [0.15, 0.2) is 5.43 Å². The van der Waals surface area contributed by atoms with Crippen LogP contribution >= 0.6 is 0 Å². The van der Waals surface area contributed by atoms with Crippen molar-refractivity contribution in [2.75, 3.05) is 27.9 Å². The number of methoxy groups -OCH3 is 3. The highest BCUT2D eigenvalue weighted by atomic mass is 16.6. The van der Waals surface area contributed by atoms with E-state index in [0.717, 1.165) is 6.42 Å². The smallest absolute Gasteiger partial charge is 0.181 e. The van der Waals surface area contributed by atoms with Crippen LogP contribution in [0.4, 0.5) is 0 Å². The van der Waals surface area contributed by atoms with E-state index in [9.17, 15) is 4.79 Å². The molecule has 0 saturated heterocycles. The summed E-state index contributed by atoms with van der Waals surface area (Å²) in [5, 5.41) is 0. The minimum atomic E-state index is 0.0405. The van der Waals surface area contributed by atoms with Gasteiger partial charge in [-0.2, -0.15) is 0 Å². The molecule has 18 heavy (non-hydrogen) atoms. The number of ether oxygens (including phenoxy) is 3. The van der Waals surface area contributed by atoms with Crippen molar-refractivity contribution >= 4 is 0 Å². The summed E-state index contributed by atoms with van der Waals surface area (Å²) in [4.78, 5) is 13.0. The molecule has 1 unspecified atom stereocenters. The fourth-order valence-electron chi connectivity index (χ4n) is 1.44. The molecule has 0 bridgehead atoms. The predicted octanol–water partition coefficient (Wildman–Crippen LogP) is 1.45. The molecule has 2 atom stereocenters. The van der Waals surface area contributed by atoms with Gasteiger partial charge in [-0.1, -0.05) is 6.92 Å². The zero-order chi connectivity index (χ0) is 13.8. The zero-order valence-electron chi connectivity index (χ0n) is 11.5. The lowest BCUT2D eigenvalue weighted by atomic mass is 10.1. The second-order valence-electron chi connectivity index (χ2n) is 3.65. The molecular weight excluding hydrogens is 234 g/mol. The Morgan fingerprint density at radius 3 is 1.94 bits per heavy atom. The fraction of sp³-hybridized carbons (Fsp3) is 0.615. The average Bonchev–Trinajstić information content (AvgIpc) is 2.40. The molecule has 104 valence electrons. The lowest BCUT2D eigenvalue weighted by molar-refractivity contribution is -0.0686. The number of H-pyrrole nitrogens is 1. The Balaban J connectivity index is 0.000000351. The number of hydrogen-bond acceptors (Lipinski definition) is 4. The average molecular weight is 257 g/mol. The van der Waals surface area contributed by atoms with Crippen LogP contribution in [0.25, 0.3) is 0 Å². The molecule has 5 nitrogen and oxygen atoms in total. The van der Waals surface area contributed by atoms with Crippen molar-refractivity contribution in [3.63, 3.8) is 0 Å². The van der Waals surface area contributed by atoms with Crippen LogP contribution in [-0.2, 0) is 14.2 Å². The van der Waals surface area contributed by atoms with Crippen molar-refractivity contribution in [2.24, 2.45) is 0 Å². The third kappa shape index (κ3) is 7.21. The van der Waals surface area contributed by atoms with Gasteiger partial charge in [-0.15, -0.1) is 0 Å². The van der Waals surface area contributed by atoms with Crippen LogP contribution in [0.3, 0.4) is 0 Å². The number of nitrogens with one attached hydrogen (secondary N) is 1. The molecule has 0 aliphatic carbocycles. The number of hydrogen-bond donors (Lipinski definition) is 1. The molecule has 0 aliphatic rings. The van der Waals surface area contributed by atoms with E-state index in [4.69, 9.17) is 14.2 Å². The van der Waals surface area contributed by atoms with E-state index in [1.54, 1.807) is 33.7 Å². The SMILES string of the molecule is CC[C@H](OC)C(COC)OC.O=c1cc[nH]cc1. The molecule has 1 aromatic rings. The van der Waals surface area contributed by atoms with Gasteiger partial charge < -0.3 is 19.2 Å². The number of pyridine rings is 1. The number of aromatic nitrogens is 1. The number of aromatic amines is 1. The molecule has 1 heterocycles. The maximum Gasteiger partial charge on any atom is 0.181 e. The van der Waals surface area contributed by atoms with Crippen molar-refractivity contribution in [3.05, 3.63) is 34.7 Å². The molecular formula is C13H23NO4. The Labute approximate surface area is 108 Å². The van der Waals surface area contributed by atoms with E-state index in [1.165, 1.54) is 12.1 Å². The van der Waals surface area contributed by atoms with Crippen molar-refractivity contribution in [1.29, 1.82) is 0 Å². The molecule has 5 heteroatoms. The van der Waals surface area contributed by atoms with Gasteiger partial charge >= 0.3 is 0 Å². The van der Waals surface area contributed by atoms with E-state index < -0.39 is 0 Å². The van der Waals surface area contributed by atoms with E-state index in [1.807, 2.05) is 0 Å². The molecule has 1 N–H and O–H groups in total. The van der Waals surface area contributed by atoms with E-state index in [2.05, 4.69) is 11.9 Å². The van der Waals surface area contributed by atoms with E-state index in [0.29, 0.717) is 6.61 Å². The summed E-state index contributed by atoms with van der Waals surface area (Å²) in [6, 6.07) is 2.94. The lowest BCUT2D eigenvalue weighted by Crippen LogP contribution is -2.33. The van der Waals surface area contributed by atoms with Gasteiger partial charge in [-0.05, 0) is 6.42 Å². The summed E-state index contributed by atoms with van der Waals surface area (Å²) in [7, 11) is 5.02. The van der Waals surface area contributed by atoms with Crippen molar-refractivity contribution in [3.8, 4) is 0 Å². The van der Waals surface area contributed by atoms with Gasteiger partial charge in [-0.3, -0.25) is 4.79 Å². The van der Waals surface area contributed by atoms with Crippen LogP contribution in [0.2, 0.25) is 0 Å². The standard InChI is InChI=1S/C8H18O3.C5H5NO/c1-5-7(10-3)8(11-4)6-9-2;7-5-1-3-6-4-2-5/h7-8H,5-6H2,1-4H3;1-4H,(H,6,7)/t7-,8?;/m0./s1. The second kappa shape index (κ2) is 11.0. The summed E-state index contributed by atoms with van der Waals surface area (Å²) in [6.07, 6.45) is 4.33. The van der Waals surface area contributed by atoms with E-state index in [-0.39, 0.29) is 17.6 Å². The molecule has 0 spiro atoms. The highest BCUT2D eigenvalue weighted by Crippen LogP contribution is 2.06. The molecule has 0 fully saturated rings. The fourth-order valence-corrected chi connectivity index (χ4v) is 1.44. The van der Waals surface area contributed by atoms with Gasteiger partial charge in [0.05, 0.1) is 12.7 Å². The summed E-state index contributed by atoms with van der Waals surface area (Å²) in [5.74, 6) is 0. The van der Waals surface area contributed by atoms with Crippen molar-refractivity contribution in [2.45, 2.75) is 25.6 Å². The first-order valence-electron chi connectivity index (χ1n) is 5.87. The third-order valence-corrected chi connectivity index (χ3v) is 2.44. The normalized spacial score (nSPS) is 13.3. The van der Waals surface area contributed by atoms with Crippen LogP contribution in [-0.4, -0.2) is 45.1 Å². The quantitative estimate of drug-likeness (QED) is 0.838. The van der Waals surface area contributed by atoms with Crippen LogP contribution in [0.5, 0.6) is 0 Å². The Hall–Kier alpha value is -1.17. The summed E-state index contributed by atoms with van der Waals surface area (Å²) in [6.45, 7) is 2.65. The van der Waals surface area contributed by atoms with Gasteiger partial charge in [0.2, 0.25) is 0 Å². The number of rotatable bonds is 6. The lowest BCUT2D eigenvalue weighted by Gasteiger charge is -2.22. The maximum absolute atomic E-state index is 10.2. The predicted molar refractivity (Wildman–Crippen MR) is 70.8 cm³/mol. The maximum atomic E-state index is 10.2. The monoisotopic (exact) mass is 257 g/mol. The van der Waals surface area contributed by atoms with Crippen molar-refractivity contribution < 1.29 is 14.2 Å². The Bertz CT molecular complexity index is 318. The topological polar surface area (TPSA) is 60.6 Å². The molecule has 0 aliphatic heterocycles. The summed E-state index contributed by atoms with van der Waals surface area (Å²) >= 11 is 0. The molecule has 0 radical (unpaired) electrons. The first-order valence-corrected chi connectivity index (χ1v) is 5.87. The van der Waals surface area contributed by atoms with Gasteiger partial charge in [-0.25, -0.2) is 0 Å². The minimum absolute atomic E-state index is 0.0405. The first kappa shape index (κ1) is 16.8. The second-order valence-corrected chi connectivity index (χ2v) is 3.65. The Morgan fingerprint density at radius 2 is 1.67 bits per heavy atom. The van der Waals surface area contributed by atoms with Gasteiger partial charge in [0.25, 0.3) is 0 Å². The largest absolute Gasteiger partial charge is 0.382 e. The first-order chi connectivity index (χ1) is 8.69. The van der Waals surface area contributed by atoms with E-state index >= 15 is 0 Å². The van der Waals surface area contributed by atoms with Crippen LogP contribution in [0.1, 0.15) is 13.3 Å².